The van der Waals surface area contributed by atoms with E-state index in [4.69, 9.17) is 9.84 Å². The lowest BCUT2D eigenvalue weighted by Crippen LogP contribution is -2.42. The average Bonchev–Trinajstić information content (AvgIpc) is 2.21. The summed E-state index contributed by atoms with van der Waals surface area (Å²) in [6.07, 6.45) is -1.01. The van der Waals surface area contributed by atoms with Gasteiger partial charge in [0.15, 0.2) is 6.10 Å². The molecule has 1 unspecified atom stereocenters. The molecule has 0 aliphatic carbocycles. The van der Waals surface area contributed by atoms with Gasteiger partial charge in [0.05, 0.1) is 0 Å². The van der Waals surface area contributed by atoms with Crippen LogP contribution in [0.25, 0.3) is 0 Å². The van der Waals surface area contributed by atoms with E-state index in [1.54, 1.807) is 19.9 Å². The zero-order valence-electron chi connectivity index (χ0n) is 10.5. The van der Waals surface area contributed by atoms with E-state index in [-0.39, 0.29) is 5.82 Å². The van der Waals surface area contributed by atoms with Crippen molar-refractivity contribution in [2.75, 3.05) is 7.11 Å². The van der Waals surface area contributed by atoms with E-state index in [0.29, 0.717) is 5.56 Å². The fraction of sp³-hybridized carbons (Fsp3) is 0.462. The Hall–Kier alpha value is -1.42. The Balaban J connectivity index is 3.28. The molecule has 94 valence electrons. The summed E-state index contributed by atoms with van der Waals surface area (Å²) >= 11 is 0. The number of ether oxygens (including phenoxy) is 1. The molecule has 0 aromatic heterocycles. The third kappa shape index (κ3) is 2.64. The molecule has 0 amide bonds. The lowest BCUT2D eigenvalue weighted by atomic mass is 9.77. The van der Waals surface area contributed by atoms with Crippen LogP contribution in [0.4, 0.5) is 4.39 Å². The molecule has 3 nitrogen and oxygen atoms in total. The lowest BCUT2D eigenvalue weighted by Gasteiger charge is -2.32. The number of aliphatic carboxylic acids is 1. The Kier molecular flexibility index (Phi) is 3.88. The van der Waals surface area contributed by atoms with E-state index in [9.17, 15) is 9.18 Å². The van der Waals surface area contributed by atoms with E-state index >= 15 is 0 Å². The van der Waals surface area contributed by atoms with Crippen molar-refractivity contribution in [2.45, 2.75) is 32.3 Å². The van der Waals surface area contributed by atoms with Gasteiger partial charge in [0.2, 0.25) is 0 Å². The van der Waals surface area contributed by atoms with Gasteiger partial charge in [-0.1, -0.05) is 19.9 Å². The van der Waals surface area contributed by atoms with Gasteiger partial charge in [0, 0.05) is 12.5 Å². The van der Waals surface area contributed by atoms with Gasteiger partial charge >= 0.3 is 5.97 Å². The normalized spacial score (nSPS) is 13.5. The molecular formula is C13H17FO3. The SMILES string of the molecule is COC(C(=O)O)C(C)(C)c1cc(F)ccc1C. The number of carboxylic acids is 1. The first-order chi connectivity index (χ1) is 7.80. The Morgan fingerprint density at radius 3 is 2.53 bits per heavy atom. The van der Waals surface area contributed by atoms with Crippen molar-refractivity contribution in [2.24, 2.45) is 0 Å². The minimum atomic E-state index is -1.05. The van der Waals surface area contributed by atoms with Crippen molar-refractivity contribution in [3.8, 4) is 0 Å². The number of carbonyl (C=O) groups is 1. The maximum absolute atomic E-state index is 13.3. The molecule has 0 aliphatic rings. The van der Waals surface area contributed by atoms with E-state index in [1.807, 2.05) is 6.92 Å². The maximum Gasteiger partial charge on any atom is 0.333 e. The number of benzene rings is 1. The third-order valence-corrected chi connectivity index (χ3v) is 3.01. The van der Waals surface area contributed by atoms with E-state index in [2.05, 4.69) is 0 Å². The molecule has 1 N–H and O–H groups in total. The summed E-state index contributed by atoms with van der Waals surface area (Å²) < 4.78 is 18.3. The topological polar surface area (TPSA) is 46.5 Å². The van der Waals surface area contributed by atoms with Crippen molar-refractivity contribution in [1.82, 2.24) is 0 Å². The van der Waals surface area contributed by atoms with Gasteiger partial charge in [-0.2, -0.15) is 0 Å². The molecule has 0 spiro atoms. The summed E-state index contributed by atoms with van der Waals surface area (Å²) in [5.74, 6) is -1.43. The van der Waals surface area contributed by atoms with E-state index in [1.165, 1.54) is 19.2 Å². The molecule has 0 saturated heterocycles. The molecule has 1 aromatic carbocycles. The molecule has 1 aromatic rings. The first-order valence-electron chi connectivity index (χ1n) is 5.33. The highest BCUT2D eigenvalue weighted by Gasteiger charge is 2.38. The minimum Gasteiger partial charge on any atom is -0.479 e. The fourth-order valence-electron chi connectivity index (χ4n) is 2.13. The smallest absolute Gasteiger partial charge is 0.333 e. The van der Waals surface area contributed by atoms with Crippen LogP contribution in [0.2, 0.25) is 0 Å². The number of aryl methyl sites for hydroxylation is 1. The van der Waals surface area contributed by atoms with Crippen LogP contribution in [0, 0.1) is 12.7 Å². The van der Waals surface area contributed by atoms with Crippen molar-refractivity contribution < 1.29 is 19.0 Å². The van der Waals surface area contributed by atoms with E-state index < -0.39 is 17.5 Å². The van der Waals surface area contributed by atoms with Crippen LogP contribution in [0.3, 0.4) is 0 Å². The van der Waals surface area contributed by atoms with Crippen molar-refractivity contribution in [3.05, 3.63) is 35.1 Å². The van der Waals surface area contributed by atoms with Crippen LogP contribution in [0.5, 0.6) is 0 Å². The predicted octanol–water partition coefficient (Wildman–Crippen LogP) is 2.51. The molecule has 4 heteroatoms. The van der Waals surface area contributed by atoms with Gasteiger partial charge in [-0.15, -0.1) is 0 Å². The fourth-order valence-corrected chi connectivity index (χ4v) is 2.13. The highest BCUT2D eigenvalue weighted by molar-refractivity contribution is 5.75. The lowest BCUT2D eigenvalue weighted by molar-refractivity contribution is -0.152. The molecule has 1 atom stereocenters. The standard InChI is InChI=1S/C13H17FO3/c1-8-5-6-9(14)7-10(8)13(2,3)11(17-4)12(15)16/h5-7,11H,1-4H3,(H,15,16). The van der Waals surface area contributed by atoms with Crippen molar-refractivity contribution in [1.29, 1.82) is 0 Å². The van der Waals surface area contributed by atoms with Crippen LogP contribution in [0.1, 0.15) is 25.0 Å². The Morgan fingerprint density at radius 1 is 1.47 bits per heavy atom. The van der Waals surface area contributed by atoms with Crippen molar-refractivity contribution in [3.63, 3.8) is 0 Å². The van der Waals surface area contributed by atoms with Gasteiger partial charge in [0.25, 0.3) is 0 Å². The molecule has 0 aliphatic heterocycles. The molecule has 1 rings (SSSR count). The van der Waals surface area contributed by atoms with Gasteiger partial charge in [-0.05, 0) is 30.2 Å². The Labute approximate surface area is 100 Å². The largest absolute Gasteiger partial charge is 0.479 e. The predicted molar refractivity (Wildman–Crippen MR) is 62.6 cm³/mol. The number of rotatable bonds is 4. The molecule has 0 saturated carbocycles. The number of carboxylic acid groups (broad SMARTS) is 1. The zero-order chi connectivity index (χ0) is 13.2. The highest BCUT2D eigenvalue weighted by Crippen LogP contribution is 2.32. The molecular weight excluding hydrogens is 223 g/mol. The van der Waals surface area contributed by atoms with Crippen LogP contribution in [0.15, 0.2) is 18.2 Å². The maximum atomic E-state index is 13.3. The summed E-state index contributed by atoms with van der Waals surface area (Å²) in [5.41, 5.74) is 0.693. The first kappa shape index (κ1) is 13.6. The third-order valence-electron chi connectivity index (χ3n) is 3.01. The van der Waals surface area contributed by atoms with Gasteiger partial charge in [-0.3, -0.25) is 0 Å². The second-order valence-electron chi connectivity index (χ2n) is 4.63. The monoisotopic (exact) mass is 240 g/mol. The second kappa shape index (κ2) is 4.84. The molecule has 17 heavy (non-hydrogen) atoms. The van der Waals surface area contributed by atoms with E-state index in [0.717, 1.165) is 5.56 Å². The highest BCUT2D eigenvalue weighted by atomic mass is 19.1. The summed E-state index contributed by atoms with van der Waals surface area (Å²) in [6.45, 7) is 5.29. The zero-order valence-corrected chi connectivity index (χ0v) is 10.5. The van der Waals surface area contributed by atoms with Crippen LogP contribution < -0.4 is 0 Å². The van der Waals surface area contributed by atoms with Crippen LogP contribution >= 0.6 is 0 Å². The molecule has 0 fully saturated rings. The average molecular weight is 240 g/mol. The number of halogens is 1. The van der Waals surface area contributed by atoms with Gasteiger partial charge in [-0.25, -0.2) is 9.18 Å². The quantitative estimate of drug-likeness (QED) is 0.879. The summed E-state index contributed by atoms with van der Waals surface area (Å²) in [6, 6.07) is 4.36. The summed E-state index contributed by atoms with van der Waals surface area (Å²) in [4.78, 5) is 11.1. The summed E-state index contributed by atoms with van der Waals surface area (Å²) in [5, 5.41) is 9.11. The van der Waals surface area contributed by atoms with Crippen LogP contribution in [-0.4, -0.2) is 24.3 Å². The van der Waals surface area contributed by atoms with Crippen LogP contribution in [-0.2, 0) is 14.9 Å². The Morgan fingerprint density at radius 2 is 2.06 bits per heavy atom. The Bertz CT molecular complexity index is 427. The van der Waals surface area contributed by atoms with Gasteiger partial charge in [0.1, 0.15) is 5.82 Å². The van der Waals surface area contributed by atoms with Crippen molar-refractivity contribution >= 4 is 5.97 Å². The minimum absolute atomic E-state index is 0.376. The molecule has 0 bridgehead atoms. The van der Waals surface area contributed by atoms with Gasteiger partial charge < -0.3 is 9.84 Å². The number of hydrogen-bond acceptors (Lipinski definition) is 2. The number of hydrogen-bond donors (Lipinski definition) is 1. The molecule has 0 radical (unpaired) electrons. The molecule has 0 heterocycles. The first-order valence-corrected chi connectivity index (χ1v) is 5.33. The number of methoxy groups -OCH3 is 1. The second-order valence-corrected chi connectivity index (χ2v) is 4.63. The summed E-state index contributed by atoms with van der Waals surface area (Å²) in [7, 11) is 1.34.